The van der Waals surface area contributed by atoms with E-state index in [4.69, 9.17) is 30.9 Å². The fraction of sp³-hybridized carbons (Fsp3) is 0.174. The minimum Gasteiger partial charge on any atom is -0.493 e. The summed E-state index contributed by atoms with van der Waals surface area (Å²) < 4.78 is 16.7. The van der Waals surface area contributed by atoms with Crippen LogP contribution in [0.3, 0.4) is 0 Å². The van der Waals surface area contributed by atoms with E-state index in [0.29, 0.717) is 47.6 Å². The molecule has 1 N–H and O–H groups in total. The van der Waals surface area contributed by atoms with E-state index in [1.165, 1.54) is 4.80 Å². The summed E-state index contributed by atoms with van der Waals surface area (Å²) in [6.45, 7) is 0.492. The lowest BCUT2D eigenvalue weighted by Gasteiger charge is -2.12. The van der Waals surface area contributed by atoms with Gasteiger partial charge in [0.25, 0.3) is 0 Å². The quantitative estimate of drug-likeness (QED) is 0.356. The zero-order valence-corrected chi connectivity index (χ0v) is 17.7. The molecule has 1 heterocycles. The van der Waals surface area contributed by atoms with Crippen LogP contribution in [0.25, 0.3) is 16.7 Å². The lowest BCUT2D eigenvalue weighted by atomic mass is 10.3. The Morgan fingerprint density at radius 1 is 0.875 bits per heavy atom. The number of halogens is 1. The first kappa shape index (κ1) is 21.5. The van der Waals surface area contributed by atoms with Crippen LogP contribution in [0.5, 0.6) is 17.2 Å². The van der Waals surface area contributed by atoms with Crippen molar-refractivity contribution in [2.24, 2.45) is 0 Å². The first-order valence-electron chi connectivity index (χ1n) is 9.91. The number of hydrogen-bond acceptors (Lipinski definition) is 6. The fourth-order valence-electron chi connectivity index (χ4n) is 2.94. The summed E-state index contributed by atoms with van der Waals surface area (Å²) in [4.78, 5) is 12.1. The first-order valence-corrected chi connectivity index (χ1v) is 10.3. The molecule has 1 aromatic heterocycles. The average molecular weight is 454 g/mol. The molecule has 32 heavy (non-hydrogen) atoms. The zero-order valence-electron chi connectivity index (χ0n) is 17.0. The van der Waals surface area contributed by atoms with Gasteiger partial charge in [-0.05, 0) is 54.6 Å². The molecule has 0 aliphatic carbocycles. The van der Waals surface area contributed by atoms with Crippen molar-refractivity contribution < 1.29 is 24.1 Å². The van der Waals surface area contributed by atoms with Crippen LogP contribution in [0, 0.1) is 0 Å². The average Bonchev–Trinajstić information content (AvgIpc) is 3.23. The summed E-state index contributed by atoms with van der Waals surface area (Å²) in [6, 6.07) is 19.7. The van der Waals surface area contributed by atoms with Gasteiger partial charge in [-0.3, -0.25) is 0 Å². The number of aliphatic carboxylic acids is 1. The van der Waals surface area contributed by atoms with E-state index >= 15 is 0 Å². The summed E-state index contributed by atoms with van der Waals surface area (Å²) in [5.41, 5.74) is 2.23. The van der Waals surface area contributed by atoms with Crippen LogP contribution in [-0.4, -0.2) is 45.9 Å². The van der Waals surface area contributed by atoms with Gasteiger partial charge in [0.1, 0.15) is 34.0 Å². The molecular weight excluding hydrogens is 434 g/mol. The van der Waals surface area contributed by atoms with E-state index in [9.17, 15) is 4.79 Å². The van der Waals surface area contributed by atoms with Gasteiger partial charge in [0.05, 0.1) is 13.2 Å². The fourth-order valence-corrected chi connectivity index (χ4v) is 3.11. The number of fused-ring (bicyclic) bond motifs is 1. The predicted octanol–water partition coefficient (Wildman–Crippen LogP) is 4.39. The monoisotopic (exact) mass is 453 g/mol. The normalized spacial score (nSPS) is 10.8. The lowest BCUT2D eigenvalue weighted by Crippen LogP contribution is -2.09. The molecule has 3 aromatic carbocycles. The molecule has 0 saturated heterocycles. The summed E-state index contributed by atoms with van der Waals surface area (Å²) in [5.74, 6) is 0.728. The maximum atomic E-state index is 10.5. The Morgan fingerprint density at radius 2 is 1.50 bits per heavy atom. The molecule has 0 bridgehead atoms. The third-order valence-electron chi connectivity index (χ3n) is 4.42. The van der Waals surface area contributed by atoms with Crippen molar-refractivity contribution in [1.82, 2.24) is 15.0 Å². The topological polar surface area (TPSA) is 95.7 Å². The van der Waals surface area contributed by atoms with Crippen LogP contribution in [0.15, 0.2) is 66.7 Å². The molecule has 0 aliphatic heterocycles. The molecule has 9 heteroatoms. The summed E-state index contributed by atoms with van der Waals surface area (Å²) in [7, 11) is 0. The third kappa shape index (κ3) is 5.47. The molecule has 4 aromatic rings. The molecule has 0 saturated carbocycles. The lowest BCUT2D eigenvalue weighted by molar-refractivity contribution is -0.139. The Balaban J connectivity index is 1.31. The van der Waals surface area contributed by atoms with Gasteiger partial charge >= 0.3 is 5.97 Å². The largest absolute Gasteiger partial charge is 0.493 e. The van der Waals surface area contributed by atoms with Gasteiger partial charge in [0, 0.05) is 11.4 Å². The summed E-state index contributed by atoms with van der Waals surface area (Å²) >= 11 is 6.18. The Bertz CT molecular complexity index is 1180. The highest BCUT2D eigenvalue weighted by Crippen LogP contribution is 2.27. The molecule has 0 aliphatic rings. The number of carbonyl (C=O) groups is 1. The number of nitrogens with zero attached hydrogens (tertiary/aromatic N) is 3. The highest BCUT2D eigenvalue weighted by atomic mass is 35.5. The molecule has 0 amide bonds. The number of aromatic nitrogens is 3. The van der Waals surface area contributed by atoms with Crippen molar-refractivity contribution in [2.45, 2.75) is 6.42 Å². The van der Waals surface area contributed by atoms with Crippen LogP contribution in [0.1, 0.15) is 6.42 Å². The molecule has 0 atom stereocenters. The Morgan fingerprint density at radius 3 is 2.16 bits per heavy atom. The summed E-state index contributed by atoms with van der Waals surface area (Å²) in [6.07, 6.45) is 0.647. The molecule has 0 radical (unpaired) electrons. The van der Waals surface area contributed by atoms with Gasteiger partial charge in [-0.2, -0.15) is 0 Å². The number of rotatable bonds is 10. The Kier molecular flexibility index (Phi) is 6.72. The van der Waals surface area contributed by atoms with Crippen LogP contribution < -0.4 is 14.2 Å². The second-order valence-corrected chi connectivity index (χ2v) is 7.23. The van der Waals surface area contributed by atoms with E-state index in [2.05, 4.69) is 10.2 Å². The number of ether oxygens (including phenoxy) is 3. The number of carboxylic acid groups (broad SMARTS) is 1. The molecule has 164 valence electrons. The maximum absolute atomic E-state index is 10.5. The van der Waals surface area contributed by atoms with Gasteiger partial charge in [-0.25, -0.2) is 4.79 Å². The van der Waals surface area contributed by atoms with Crippen molar-refractivity contribution in [1.29, 1.82) is 0 Å². The molecule has 0 fully saturated rings. The highest BCUT2D eigenvalue weighted by Gasteiger charge is 2.11. The molecule has 8 nitrogen and oxygen atoms in total. The molecular formula is C23H20ClN3O5. The standard InChI is InChI=1S/C23H20ClN3O5/c24-16-6-11-22(21(14-16)27-25-19-4-1-2-5-20(19)26-27)31-13-3-12-30-17-7-9-18(10-8-17)32-15-23(28)29/h1-2,4-11,14H,3,12-13,15H2,(H,28,29). The zero-order chi connectivity index (χ0) is 22.3. The van der Waals surface area contributed by atoms with E-state index in [1.807, 2.05) is 24.3 Å². The van der Waals surface area contributed by atoms with Gasteiger partial charge < -0.3 is 19.3 Å². The van der Waals surface area contributed by atoms with Gasteiger partial charge in [0.15, 0.2) is 6.61 Å². The third-order valence-corrected chi connectivity index (χ3v) is 4.66. The minimum absolute atomic E-state index is 0.381. The van der Waals surface area contributed by atoms with Crippen molar-refractivity contribution in [3.63, 3.8) is 0 Å². The van der Waals surface area contributed by atoms with Crippen LogP contribution in [0.2, 0.25) is 5.02 Å². The minimum atomic E-state index is -1.02. The predicted molar refractivity (Wildman–Crippen MR) is 119 cm³/mol. The Hall–Kier alpha value is -3.78. The number of benzene rings is 3. The van der Waals surface area contributed by atoms with Crippen LogP contribution in [-0.2, 0) is 4.79 Å². The summed E-state index contributed by atoms with van der Waals surface area (Å²) in [5, 5.41) is 18.2. The highest BCUT2D eigenvalue weighted by molar-refractivity contribution is 6.30. The SMILES string of the molecule is O=C(O)COc1ccc(OCCCOc2ccc(Cl)cc2-n2nc3ccccc3n2)cc1. The first-order chi connectivity index (χ1) is 15.6. The van der Waals surface area contributed by atoms with E-state index in [0.717, 1.165) is 11.0 Å². The second-order valence-electron chi connectivity index (χ2n) is 6.79. The van der Waals surface area contributed by atoms with Crippen LogP contribution >= 0.6 is 11.6 Å². The van der Waals surface area contributed by atoms with Crippen molar-refractivity contribution in [2.75, 3.05) is 19.8 Å². The van der Waals surface area contributed by atoms with E-state index in [-0.39, 0.29) is 6.61 Å². The van der Waals surface area contributed by atoms with Gasteiger partial charge in [-0.1, -0.05) is 23.7 Å². The molecule has 0 spiro atoms. The second kappa shape index (κ2) is 10.0. The van der Waals surface area contributed by atoms with E-state index < -0.39 is 5.97 Å². The van der Waals surface area contributed by atoms with E-state index in [1.54, 1.807) is 42.5 Å². The number of hydrogen-bond donors (Lipinski definition) is 1. The van der Waals surface area contributed by atoms with Crippen molar-refractivity contribution in [3.8, 4) is 22.9 Å². The molecule has 4 rings (SSSR count). The van der Waals surface area contributed by atoms with Crippen LogP contribution in [0.4, 0.5) is 0 Å². The molecule has 0 unspecified atom stereocenters. The van der Waals surface area contributed by atoms with Crippen molar-refractivity contribution >= 4 is 28.6 Å². The smallest absolute Gasteiger partial charge is 0.341 e. The van der Waals surface area contributed by atoms with Gasteiger partial charge in [0.2, 0.25) is 0 Å². The number of carboxylic acids is 1. The van der Waals surface area contributed by atoms with Crippen molar-refractivity contribution in [3.05, 3.63) is 71.8 Å². The Labute approximate surface area is 188 Å². The van der Waals surface area contributed by atoms with Gasteiger partial charge in [-0.15, -0.1) is 15.0 Å². The maximum Gasteiger partial charge on any atom is 0.341 e.